The van der Waals surface area contributed by atoms with E-state index in [1.54, 1.807) is 6.20 Å². The van der Waals surface area contributed by atoms with Crippen LogP contribution in [0.1, 0.15) is 19.3 Å². The lowest BCUT2D eigenvalue weighted by Gasteiger charge is -2.32. The summed E-state index contributed by atoms with van der Waals surface area (Å²) in [4.78, 5) is 17.2. The van der Waals surface area contributed by atoms with E-state index in [0.717, 1.165) is 31.6 Å². The van der Waals surface area contributed by atoms with Crippen LogP contribution in [0.2, 0.25) is 0 Å². The molecule has 1 fully saturated rings. The van der Waals surface area contributed by atoms with Gasteiger partial charge in [-0.3, -0.25) is 4.79 Å². The molecule has 1 saturated heterocycles. The summed E-state index contributed by atoms with van der Waals surface area (Å²) in [6.45, 7) is 1.90. The number of piperidine rings is 1. The maximum absolute atomic E-state index is 10.8. The number of amides is 1. The van der Waals surface area contributed by atoms with E-state index in [-0.39, 0.29) is 5.91 Å². The number of nitrogens with zero attached hydrogens (tertiary/aromatic N) is 2. The van der Waals surface area contributed by atoms with E-state index in [1.165, 1.54) is 0 Å². The van der Waals surface area contributed by atoms with Crippen LogP contribution in [0.3, 0.4) is 0 Å². The first-order chi connectivity index (χ1) is 8.15. The van der Waals surface area contributed by atoms with Gasteiger partial charge in [0.2, 0.25) is 5.91 Å². The molecule has 92 valence electrons. The molecule has 1 aliphatic heterocycles. The van der Waals surface area contributed by atoms with Crippen LogP contribution in [0, 0.1) is 5.92 Å². The van der Waals surface area contributed by atoms with E-state index in [9.17, 15) is 4.79 Å². The quantitative estimate of drug-likeness (QED) is 0.808. The number of carbonyl (C=O) groups excluding carboxylic acids is 1. The number of nitrogens with two attached hydrogens (primary N) is 2. The van der Waals surface area contributed by atoms with Gasteiger partial charge in [0.05, 0.1) is 11.9 Å². The fraction of sp³-hybridized carbons (Fsp3) is 0.500. The van der Waals surface area contributed by atoms with Crippen LogP contribution in [0.5, 0.6) is 0 Å². The average molecular weight is 234 g/mol. The van der Waals surface area contributed by atoms with Crippen molar-refractivity contribution in [3.05, 3.63) is 18.3 Å². The fourth-order valence-electron chi connectivity index (χ4n) is 2.26. The van der Waals surface area contributed by atoms with Crippen molar-refractivity contribution < 1.29 is 4.79 Å². The second-order valence-corrected chi connectivity index (χ2v) is 4.54. The SMILES string of the molecule is NC(=O)CC1CCN(c2ccc(N)nc2)CC1. The van der Waals surface area contributed by atoms with E-state index in [4.69, 9.17) is 11.5 Å². The fourth-order valence-corrected chi connectivity index (χ4v) is 2.26. The molecule has 0 spiro atoms. The van der Waals surface area contributed by atoms with Crippen molar-refractivity contribution in [1.29, 1.82) is 0 Å². The van der Waals surface area contributed by atoms with Gasteiger partial charge in [0.15, 0.2) is 0 Å². The molecule has 0 saturated carbocycles. The van der Waals surface area contributed by atoms with E-state index in [1.807, 2.05) is 12.1 Å². The van der Waals surface area contributed by atoms with Gasteiger partial charge in [-0.05, 0) is 30.9 Å². The molecule has 0 radical (unpaired) electrons. The first kappa shape index (κ1) is 11.7. The van der Waals surface area contributed by atoms with Crippen molar-refractivity contribution in [2.45, 2.75) is 19.3 Å². The molecular weight excluding hydrogens is 216 g/mol. The van der Waals surface area contributed by atoms with Gasteiger partial charge in [0.25, 0.3) is 0 Å². The minimum absolute atomic E-state index is 0.197. The van der Waals surface area contributed by atoms with Crippen molar-refractivity contribution in [2.75, 3.05) is 23.7 Å². The first-order valence-corrected chi connectivity index (χ1v) is 5.90. The van der Waals surface area contributed by atoms with Crippen molar-refractivity contribution >= 4 is 17.4 Å². The smallest absolute Gasteiger partial charge is 0.217 e. The minimum Gasteiger partial charge on any atom is -0.384 e. The van der Waals surface area contributed by atoms with Crippen LogP contribution in [0.15, 0.2) is 18.3 Å². The van der Waals surface area contributed by atoms with Gasteiger partial charge in [0, 0.05) is 19.5 Å². The largest absolute Gasteiger partial charge is 0.384 e. The minimum atomic E-state index is -0.197. The summed E-state index contributed by atoms with van der Waals surface area (Å²) in [5.41, 5.74) is 11.9. The third kappa shape index (κ3) is 3.09. The number of rotatable bonds is 3. The molecule has 0 unspecified atom stereocenters. The maximum Gasteiger partial charge on any atom is 0.217 e. The summed E-state index contributed by atoms with van der Waals surface area (Å²) in [7, 11) is 0. The monoisotopic (exact) mass is 234 g/mol. The molecule has 2 heterocycles. The summed E-state index contributed by atoms with van der Waals surface area (Å²) in [6.07, 6.45) is 4.32. The number of hydrogen-bond acceptors (Lipinski definition) is 4. The predicted molar refractivity (Wildman–Crippen MR) is 67.4 cm³/mol. The Morgan fingerprint density at radius 1 is 1.41 bits per heavy atom. The second-order valence-electron chi connectivity index (χ2n) is 4.54. The van der Waals surface area contributed by atoms with E-state index in [2.05, 4.69) is 9.88 Å². The summed E-state index contributed by atoms with van der Waals surface area (Å²) in [6, 6.07) is 3.79. The summed E-state index contributed by atoms with van der Waals surface area (Å²) in [5, 5.41) is 0. The zero-order chi connectivity index (χ0) is 12.3. The Labute approximate surface area is 101 Å². The van der Waals surface area contributed by atoms with E-state index in [0.29, 0.717) is 18.2 Å². The molecular formula is C12H18N4O. The highest BCUT2D eigenvalue weighted by atomic mass is 16.1. The molecule has 17 heavy (non-hydrogen) atoms. The summed E-state index contributed by atoms with van der Waals surface area (Å²) >= 11 is 0. The maximum atomic E-state index is 10.8. The molecule has 5 heteroatoms. The van der Waals surface area contributed by atoms with Gasteiger partial charge in [-0.15, -0.1) is 0 Å². The van der Waals surface area contributed by atoms with Gasteiger partial charge in [0.1, 0.15) is 5.82 Å². The van der Waals surface area contributed by atoms with Crippen molar-refractivity contribution in [1.82, 2.24) is 4.98 Å². The predicted octanol–water partition coefficient (Wildman–Crippen LogP) is 0.756. The van der Waals surface area contributed by atoms with Crippen molar-refractivity contribution in [3.8, 4) is 0 Å². The van der Waals surface area contributed by atoms with Crippen LogP contribution in [-0.2, 0) is 4.79 Å². The lowest BCUT2D eigenvalue weighted by Crippen LogP contribution is -2.35. The molecule has 4 N–H and O–H groups in total. The Hall–Kier alpha value is -1.78. The van der Waals surface area contributed by atoms with Gasteiger partial charge in [-0.25, -0.2) is 4.98 Å². The lowest BCUT2D eigenvalue weighted by atomic mass is 9.93. The Morgan fingerprint density at radius 3 is 2.65 bits per heavy atom. The number of primary amides is 1. The van der Waals surface area contributed by atoms with Crippen LogP contribution >= 0.6 is 0 Å². The number of carbonyl (C=O) groups is 1. The summed E-state index contributed by atoms with van der Waals surface area (Å²) in [5.74, 6) is 0.778. The number of hydrogen-bond donors (Lipinski definition) is 2. The molecule has 0 aromatic carbocycles. The zero-order valence-electron chi connectivity index (χ0n) is 9.80. The molecule has 1 aliphatic rings. The summed E-state index contributed by atoms with van der Waals surface area (Å²) < 4.78 is 0. The molecule has 0 atom stereocenters. The Balaban J connectivity index is 1.90. The standard InChI is InChI=1S/C12H18N4O/c13-11-2-1-10(8-15-11)16-5-3-9(4-6-16)7-12(14)17/h1-2,8-9H,3-7H2,(H2,13,15)(H2,14,17). The average Bonchev–Trinajstić information content (AvgIpc) is 2.30. The topological polar surface area (TPSA) is 85.2 Å². The van der Waals surface area contributed by atoms with Crippen LogP contribution in [0.25, 0.3) is 0 Å². The van der Waals surface area contributed by atoms with Gasteiger partial charge < -0.3 is 16.4 Å². The van der Waals surface area contributed by atoms with Crippen LogP contribution in [0.4, 0.5) is 11.5 Å². The number of aromatic nitrogens is 1. The Morgan fingerprint density at radius 2 is 2.12 bits per heavy atom. The number of nitrogen functional groups attached to an aromatic ring is 1. The molecule has 0 bridgehead atoms. The van der Waals surface area contributed by atoms with Gasteiger partial charge in [-0.1, -0.05) is 0 Å². The lowest BCUT2D eigenvalue weighted by molar-refractivity contribution is -0.119. The molecule has 2 rings (SSSR count). The van der Waals surface area contributed by atoms with Crippen molar-refractivity contribution in [3.63, 3.8) is 0 Å². The van der Waals surface area contributed by atoms with Gasteiger partial charge in [-0.2, -0.15) is 0 Å². The highest BCUT2D eigenvalue weighted by Crippen LogP contribution is 2.24. The van der Waals surface area contributed by atoms with Crippen LogP contribution < -0.4 is 16.4 Å². The van der Waals surface area contributed by atoms with E-state index >= 15 is 0 Å². The second kappa shape index (κ2) is 5.03. The number of anilines is 2. The molecule has 5 nitrogen and oxygen atoms in total. The highest BCUT2D eigenvalue weighted by molar-refractivity contribution is 5.74. The molecule has 1 aromatic heterocycles. The molecule has 1 amide bonds. The van der Waals surface area contributed by atoms with Crippen LogP contribution in [-0.4, -0.2) is 24.0 Å². The third-order valence-corrected chi connectivity index (χ3v) is 3.24. The zero-order valence-corrected chi connectivity index (χ0v) is 9.80. The normalized spacial score (nSPS) is 17.1. The number of pyridine rings is 1. The Bertz CT molecular complexity index is 382. The third-order valence-electron chi connectivity index (χ3n) is 3.24. The Kier molecular flexibility index (Phi) is 3.46. The van der Waals surface area contributed by atoms with E-state index < -0.39 is 0 Å². The van der Waals surface area contributed by atoms with Gasteiger partial charge >= 0.3 is 0 Å². The van der Waals surface area contributed by atoms with Crippen molar-refractivity contribution in [2.24, 2.45) is 11.7 Å². The molecule has 0 aliphatic carbocycles. The first-order valence-electron chi connectivity index (χ1n) is 5.90. The highest BCUT2D eigenvalue weighted by Gasteiger charge is 2.20. The molecule has 1 aromatic rings.